The highest BCUT2D eigenvalue weighted by molar-refractivity contribution is 7.92. The Morgan fingerprint density at radius 3 is 2.32 bits per heavy atom. The van der Waals surface area contributed by atoms with E-state index in [1.807, 2.05) is 12.1 Å². The molecule has 28 heavy (non-hydrogen) atoms. The van der Waals surface area contributed by atoms with Crippen LogP contribution in [0.4, 0.5) is 11.5 Å². The molecule has 1 aromatic heterocycles. The lowest BCUT2D eigenvalue weighted by atomic mass is 10.1. The number of nitrogens with zero attached hydrogens (tertiary/aromatic N) is 1. The van der Waals surface area contributed by atoms with Crippen LogP contribution in [0.25, 0.3) is 0 Å². The highest BCUT2D eigenvalue weighted by Gasteiger charge is 2.15. The van der Waals surface area contributed by atoms with Crippen LogP contribution in [0.1, 0.15) is 5.56 Å². The third kappa shape index (κ3) is 5.08. The Hall–Kier alpha value is -3.39. The number of pyridine rings is 1. The maximum absolute atomic E-state index is 12.4. The lowest BCUT2D eigenvalue weighted by molar-refractivity contribution is -0.115. The summed E-state index contributed by atoms with van der Waals surface area (Å²) in [5.74, 6) is 0.757. The zero-order valence-corrected chi connectivity index (χ0v) is 15.9. The van der Waals surface area contributed by atoms with Crippen molar-refractivity contribution in [3.63, 3.8) is 0 Å². The zero-order valence-electron chi connectivity index (χ0n) is 15.1. The summed E-state index contributed by atoms with van der Waals surface area (Å²) in [6, 6.07) is 18.1. The number of anilines is 2. The first kappa shape index (κ1) is 19.4. The summed E-state index contributed by atoms with van der Waals surface area (Å²) >= 11 is 0. The number of sulfonamides is 1. The Kier molecular flexibility index (Phi) is 5.90. The Morgan fingerprint density at radius 2 is 1.71 bits per heavy atom. The Morgan fingerprint density at radius 1 is 1.00 bits per heavy atom. The fourth-order valence-corrected chi connectivity index (χ4v) is 3.48. The van der Waals surface area contributed by atoms with Crippen molar-refractivity contribution in [3.8, 4) is 5.75 Å². The van der Waals surface area contributed by atoms with Gasteiger partial charge in [-0.1, -0.05) is 18.2 Å². The van der Waals surface area contributed by atoms with E-state index >= 15 is 0 Å². The standard InChI is InChI=1S/C20H19N3O4S/c1-27-17-9-5-15(6-10-17)14-20(24)22-16-7-11-18(12-8-16)28(25,26)23-19-4-2-3-13-21-19/h2-13H,14H2,1H3,(H,21,23)(H,22,24). The van der Waals surface area contributed by atoms with Crippen LogP contribution < -0.4 is 14.8 Å². The molecule has 0 unspecified atom stereocenters. The molecule has 3 rings (SSSR count). The molecule has 0 aliphatic rings. The topological polar surface area (TPSA) is 97.4 Å². The van der Waals surface area contributed by atoms with E-state index in [1.54, 1.807) is 49.6 Å². The van der Waals surface area contributed by atoms with Crippen LogP contribution in [-0.4, -0.2) is 26.4 Å². The SMILES string of the molecule is COc1ccc(CC(=O)Nc2ccc(S(=O)(=O)Nc3ccccn3)cc2)cc1. The largest absolute Gasteiger partial charge is 0.497 e. The summed E-state index contributed by atoms with van der Waals surface area (Å²) in [6.45, 7) is 0. The number of amides is 1. The van der Waals surface area contributed by atoms with Gasteiger partial charge in [0, 0.05) is 11.9 Å². The van der Waals surface area contributed by atoms with E-state index < -0.39 is 10.0 Å². The van der Waals surface area contributed by atoms with Gasteiger partial charge in [0.15, 0.2) is 0 Å². The van der Waals surface area contributed by atoms with Gasteiger partial charge in [0.2, 0.25) is 5.91 Å². The first-order valence-electron chi connectivity index (χ1n) is 8.43. The number of hydrogen-bond acceptors (Lipinski definition) is 5. The smallest absolute Gasteiger partial charge is 0.263 e. The summed E-state index contributed by atoms with van der Waals surface area (Å²) in [5, 5.41) is 2.75. The van der Waals surface area contributed by atoms with E-state index in [0.29, 0.717) is 5.69 Å². The molecule has 0 spiro atoms. The maximum Gasteiger partial charge on any atom is 0.263 e. The first-order valence-corrected chi connectivity index (χ1v) is 9.91. The summed E-state index contributed by atoms with van der Waals surface area (Å²) in [7, 11) is -2.17. The third-order valence-corrected chi connectivity index (χ3v) is 5.25. The van der Waals surface area contributed by atoms with Gasteiger partial charge < -0.3 is 10.1 Å². The van der Waals surface area contributed by atoms with Crippen molar-refractivity contribution in [2.24, 2.45) is 0 Å². The Bertz CT molecular complexity index is 1040. The first-order chi connectivity index (χ1) is 13.5. The minimum absolute atomic E-state index is 0.0753. The van der Waals surface area contributed by atoms with Crippen LogP contribution in [0, 0.1) is 0 Å². The monoisotopic (exact) mass is 397 g/mol. The molecule has 0 aliphatic heterocycles. The molecule has 0 atom stereocenters. The van der Waals surface area contributed by atoms with Crippen molar-refractivity contribution in [1.29, 1.82) is 0 Å². The summed E-state index contributed by atoms with van der Waals surface area (Å²) in [4.78, 5) is 16.2. The molecule has 0 aliphatic carbocycles. The van der Waals surface area contributed by atoms with Crippen LogP contribution in [0.3, 0.4) is 0 Å². The highest BCUT2D eigenvalue weighted by atomic mass is 32.2. The van der Waals surface area contributed by atoms with Crippen molar-refractivity contribution >= 4 is 27.4 Å². The molecule has 3 aromatic rings. The normalized spacial score (nSPS) is 10.9. The summed E-state index contributed by atoms with van der Waals surface area (Å²) in [6.07, 6.45) is 1.70. The second-order valence-corrected chi connectivity index (χ2v) is 7.60. The van der Waals surface area contributed by atoms with Crippen LogP contribution in [0.5, 0.6) is 5.75 Å². The molecule has 0 fully saturated rings. The number of carbonyl (C=O) groups excluding carboxylic acids is 1. The molecule has 8 heteroatoms. The molecule has 1 heterocycles. The lowest BCUT2D eigenvalue weighted by Gasteiger charge is -2.09. The molecule has 0 saturated heterocycles. The van der Waals surface area contributed by atoms with Gasteiger partial charge in [-0.2, -0.15) is 0 Å². The quantitative estimate of drug-likeness (QED) is 0.639. The van der Waals surface area contributed by atoms with Crippen LogP contribution in [0.15, 0.2) is 77.8 Å². The molecule has 1 amide bonds. The molecule has 7 nitrogen and oxygen atoms in total. The predicted molar refractivity (Wildman–Crippen MR) is 107 cm³/mol. The number of ether oxygens (including phenoxy) is 1. The Labute approximate surface area is 163 Å². The molecule has 0 saturated carbocycles. The minimum Gasteiger partial charge on any atom is -0.497 e. The van der Waals surface area contributed by atoms with Crippen LogP contribution in [-0.2, 0) is 21.2 Å². The average Bonchev–Trinajstić information content (AvgIpc) is 2.69. The van der Waals surface area contributed by atoms with E-state index in [-0.39, 0.29) is 23.0 Å². The summed E-state index contributed by atoms with van der Waals surface area (Å²) in [5.41, 5.74) is 1.35. The van der Waals surface area contributed by atoms with Gasteiger partial charge in [0.1, 0.15) is 11.6 Å². The fraction of sp³-hybridized carbons (Fsp3) is 0.100. The molecule has 2 N–H and O–H groups in total. The average molecular weight is 397 g/mol. The van der Waals surface area contributed by atoms with Gasteiger partial charge in [-0.25, -0.2) is 13.4 Å². The molecular weight excluding hydrogens is 378 g/mol. The van der Waals surface area contributed by atoms with Crippen molar-refractivity contribution in [1.82, 2.24) is 4.98 Å². The number of benzene rings is 2. The molecular formula is C20H19N3O4S. The third-order valence-electron chi connectivity index (χ3n) is 3.88. The number of hydrogen-bond donors (Lipinski definition) is 2. The second kappa shape index (κ2) is 8.53. The molecule has 2 aromatic carbocycles. The number of carbonyl (C=O) groups is 1. The molecule has 0 radical (unpaired) electrons. The molecule has 144 valence electrons. The lowest BCUT2D eigenvalue weighted by Crippen LogP contribution is -2.15. The number of methoxy groups -OCH3 is 1. The Balaban J connectivity index is 1.62. The van der Waals surface area contributed by atoms with Gasteiger partial charge in [0.25, 0.3) is 10.0 Å². The van der Waals surface area contributed by atoms with Gasteiger partial charge in [-0.15, -0.1) is 0 Å². The van der Waals surface area contributed by atoms with Crippen molar-refractivity contribution in [3.05, 3.63) is 78.5 Å². The number of rotatable bonds is 7. The number of aromatic nitrogens is 1. The van der Waals surface area contributed by atoms with Crippen molar-refractivity contribution < 1.29 is 17.9 Å². The predicted octanol–water partition coefficient (Wildman–Crippen LogP) is 3.07. The zero-order chi connectivity index (χ0) is 20.0. The minimum atomic E-state index is -3.75. The van der Waals surface area contributed by atoms with Crippen molar-refractivity contribution in [2.45, 2.75) is 11.3 Å². The van der Waals surface area contributed by atoms with Gasteiger partial charge >= 0.3 is 0 Å². The molecule has 0 bridgehead atoms. The van der Waals surface area contributed by atoms with Crippen molar-refractivity contribution in [2.75, 3.05) is 17.1 Å². The van der Waals surface area contributed by atoms with E-state index in [2.05, 4.69) is 15.0 Å². The van der Waals surface area contributed by atoms with Gasteiger partial charge in [0.05, 0.1) is 18.4 Å². The van der Waals surface area contributed by atoms with Gasteiger partial charge in [-0.05, 0) is 54.1 Å². The highest BCUT2D eigenvalue weighted by Crippen LogP contribution is 2.18. The van der Waals surface area contributed by atoms with Gasteiger partial charge in [-0.3, -0.25) is 9.52 Å². The summed E-state index contributed by atoms with van der Waals surface area (Å²) < 4.78 is 32.2. The number of nitrogens with one attached hydrogen (secondary N) is 2. The van der Waals surface area contributed by atoms with Crippen LogP contribution in [0.2, 0.25) is 0 Å². The van der Waals surface area contributed by atoms with E-state index in [4.69, 9.17) is 4.74 Å². The van der Waals surface area contributed by atoms with E-state index in [1.165, 1.54) is 18.3 Å². The van der Waals surface area contributed by atoms with E-state index in [9.17, 15) is 13.2 Å². The second-order valence-electron chi connectivity index (χ2n) is 5.92. The van der Waals surface area contributed by atoms with E-state index in [0.717, 1.165) is 11.3 Å². The maximum atomic E-state index is 12.4. The van der Waals surface area contributed by atoms with Crippen LogP contribution >= 0.6 is 0 Å². The fourth-order valence-electron chi connectivity index (χ4n) is 2.47.